The maximum Gasteiger partial charge on any atom is 0.328 e. The van der Waals surface area contributed by atoms with Crippen molar-refractivity contribution < 1.29 is 37.7 Å². The maximum absolute atomic E-state index is 14.7. The lowest BCUT2D eigenvalue weighted by atomic mass is 9.84. The Labute approximate surface area is 211 Å². The lowest BCUT2D eigenvalue weighted by Gasteiger charge is -2.29. The van der Waals surface area contributed by atoms with Crippen LogP contribution in [0.25, 0.3) is 0 Å². The number of methoxy groups -OCH3 is 2. The van der Waals surface area contributed by atoms with Crippen molar-refractivity contribution in [1.29, 1.82) is 0 Å². The molecule has 1 aromatic carbocycles. The summed E-state index contributed by atoms with van der Waals surface area (Å²) in [5.41, 5.74) is 0.0292. The van der Waals surface area contributed by atoms with Gasteiger partial charge in [-0.3, -0.25) is 14.6 Å². The van der Waals surface area contributed by atoms with Gasteiger partial charge < -0.3 is 24.3 Å². The Morgan fingerprint density at radius 1 is 1.14 bits per heavy atom. The highest BCUT2D eigenvalue weighted by atomic mass is 19.1. The van der Waals surface area contributed by atoms with Crippen molar-refractivity contribution in [2.45, 2.75) is 59.6 Å². The minimum atomic E-state index is -1.11. The molecule has 36 heavy (non-hydrogen) atoms. The number of carbonyl (C=O) groups is 3. The summed E-state index contributed by atoms with van der Waals surface area (Å²) in [6, 6.07) is 3.41. The second kappa shape index (κ2) is 14.0. The van der Waals surface area contributed by atoms with E-state index in [1.54, 1.807) is 26.0 Å². The molecule has 0 bridgehead atoms. The lowest BCUT2D eigenvalue weighted by molar-refractivity contribution is -0.153. The van der Waals surface area contributed by atoms with E-state index in [-0.39, 0.29) is 23.1 Å². The van der Waals surface area contributed by atoms with E-state index < -0.39 is 41.7 Å². The first-order chi connectivity index (χ1) is 16.9. The van der Waals surface area contributed by atoms with Crippen LogP contribution in [0.4, 0.5) is 4.39 Å². The highest BCUT2D eigenvalue weighted by molar-refractivity contribution is 5.97. The van der Waals surface area contributed by atoms with Crippen molar-refractivity contribution in [3.05, 3.63) is 52.9 Å². The number of amides is 1. The Hall–Kier alpha value is -3.69. The summed E-state index contributed by atoms with van der Waals surface area (Å²) in [4.78, 5) is 40.9. The molecule has 10 heteroatoms. The average molecular weight is 507 g/mol. The number of carbonyl (C=O) groups excluding carboxylic acids is 3. The zero-order valence-corrected chi connectivity index (χ0v) is 22.0. The van der Waals surface area contributed by atoms with Gasteiger partial charge in [0.1, 0.15) is 23.7 Å². The van der Waals surface area contributed by atoms with E-state index in [2.05, 4.69) is 17.0 Å². The number of hydrogen-bond donors (Lipinski definition) is 1. The zero-order chi connectivity index (χ0) is 27.6. The third-order valence-electron chi connectivity index (χ3n) is 5.33. The summed E-state index contributed by atoms with van der Waals surface area (Å²) in [5, 5.41) is 2.46. The number of hydrogen-bond acceptors (Lipinski definition) is 8. The summed E-state index contributed by atoms with van der Waals surface area (Å²) in [6.45, 7) is 13.0. The van der Waals surface area contributed by atoms with Crippen LogP contribution in [0.15, 0.2) is 46.5 Å². The first-order valence-electron chi connectivity index (χ1n) is 11.4. The fraction of sp³-hybridized carbons (Fsp3) is 0.462. The van der Waals surface area contributed by atoms with E-state index in [0.29, 0.717) is 11.3 Å². The molecule has 0 aliphatic carbocycles. The Bertz CT molecular complexity index is 1030. The van der Waals surface area contributed by atoms with Crippen LogP contribution in [0.5, 0.6) is 5.75 Å². The molecule has 0 spiro atoms. The molecule has 0 saturated carbocycles. The van der Waals surface area contributed by atoms with Crippen LogP contribution in [0.3, 0.4) is 0 Å². The minimum Gasteiger partial charge on any atom is -0.497 e. The quantitative estimate of drug-likeness (QED) is 0.150. The highest BCUT2D eigenvalue weighted by Crippen LogP contribution is 2.33. The van der Waals surface area contributed by atoms with Crippen molar-refractivity contribution in [3.63, 3.8) is 0 Å². The van der Waals surface area contributed by atoms with Gasteiger partial charge >= 0.3 is 11.9 Å². The van der Waals surface area contributed by atoms with Crippen LogP contribution >= 0.6 is 0 Å². The minimum absolute atomic E-state index is 0.0697. The SMILES string of the molecule is C=N/C(C(=O)N[C@@H](C)C(=O)O[C@@H](C)[C@H](c1ccc(OC)cc1F)C(C)C)=C(OC(C)=O)\C(=C/C)OC. The maximum atomic E-state index is 14.7. The van der Waals surface area contributed by atoms with Crippen LogP contribution < -0.4 is 10.1 Å². The summed E-state index contributed by atoms with van der Waals surface area (Å²) in [7, 11) is 2.77. The van der Waals surface area contributed by atoms with Gasteiger partial charge in [0, 0.05) is 18.9 Å². The number of allylic oxidation sites excluding steroid dienone is 1. The standard InChI is InChI=1S/C26H35FN2O7/c1-10-21(34-9)24(36-17(6)30)23(28-7)25(31)29-15(4)26(32)35-16(5)22(14(2)3)19-12-11-18(33-8)13-20(19)27/h10-16,22H,7H2,1-6,8-9H3,(H,29,31)/b21-10+,24-23+/t15-,16-,22+/m0/s1. The van der Waals surface area contributed by atoms with Gasteiger partial charge in [-0.1, -0.05) is 19.9 Å². The molecule has 198 valence electrons. The van der Waals surface area contributed by atoms with Gasteiger partial charge in [-0.25, -0.2) is 9.18 Å². The van der Waals surface area contributed by atoms with Crippen molar-refractivity contribution >= 4 is 24.6 Å². The molecule has 1 amide bonds. The van der Waals surface area contributed by atoms with Gasteiger partial charge in [0.25, 0.3) is 5.91 Å². The van der Waals surface area contributed by atoms with Gasteiger partial charge in [-0.2, -0.15) is 0 Å². The summed E-state index contributed by atoms with van der Waals surface area (Å²) >= 11 is 0. The molecule has 0 aromatic heterocycles. The van der Waals surface area contributed by atoms with Crippen LogP contribution in [0.1, 0.15) is 53.0 Å². The van der Waals surface area contributed by atoms with Gasteiger partial charge in [-0.05, 0) is 51.1 Å². The molecule has 0 fully saturated rings. The molecule has 3 atom stereocenters. The largest absolute Gasteiger partial charge is 0.497 e. The van der Waals surface area contributed by atoms with Crippen molar-refractivity contribution in [2.24, 2.45) is 10.9 Å². The van der Waals surface area contributed by atoms with Crippen molar-refractivity contribution in [1.82, 2.24) is 5.32 Å². The first kappa shape index (κ1) is 30.3. The summed E-state index contributed by atoms with van der Waals surface area (Å²) in [6.07, 6.45) is 0.757. The third kappa shape index (κ3) is 7.93. The average Bonchev–Trinajstić information content (AvgIpc) is 2.80. The molecule has 9 nitrogen and oxygen atoms in total. The van der Waals surface area contributed by atoms with E-state index in [0.717, 1.165) is 6.92 Å². The van der Waals surface area contributed by atoms with Crippen LogP contribution in [0.2, 0.25) is 0 Å². The fourth-order valence-corrected chi connectivity index (χ4v) is 3.69. The number of aliphatic imine (C=N–C) groups is 1. The Balaban J connectivity index is 3.11. The fourth-order valence-electron chi connectivity index (χ4n) is 3.69. The normalized spacial score (nSPS) is 14.7. The Kier molecular flexibility index (Phi) is 11.8. The van der Waals surface area contributed by atoms with Crippen molar-refractivity contribution in [3.8, 4) is 5.75 Å². The van der Waals surface area contributed by atoms with Crippen LogP contribution in [-0.2, 0) is 28.6 Å². The third-order valence-corrected chi connectivity index (χ3v) is 5.33. The number of esters is 2. The predicted molar refractivity (Wildman–Crippen MR) is 133 cm³/mol. The van der Waals surface area contributed by atoms with E-state index >= 15 is 0 Å². The molecule has 1 rings (SSSR count). The molecule has 0 aliphatic heterocycles. The molecular formula is C26H35FN2O7. The van der Waals surface area contributed by atoms with E-state index in [1.165, 1.54) is 33.3 Å². The van der Waals surface area contributed by atoms with E-state index in [9.17, 15) is 18.8 Å². The van der Waals surface area contributed by atoms with E-state index in [4.69, 9.17) is 18.9 Å². The Morgan fingerprint density at radius 2 is 1.78 bits per heavy atom. The monoisotopic (exact) mass is 506 g/mol. The van der Waals surface area contributed by atoms with Gasteiger partial charge in [0.2, 0.25) is 5.76 Å². The van der Waals surface area contributed by atoms with Gasteiger partial charge in [0.05, 0.1) is 14.2 Å². The topological polar surface area (TPSA) is 113 Å². The molecule has 0 radical (unpaired) electrons. The number of benzene rings is 1. The second-order valence-corrected chi connectivity index (χ2v) is 8.28. The van der Waals surface area contributed by atoms with E-state index in [1.807, 2.05) is 13.8 Å². The molecule has 0 saturated heterocycles. The van der Waals surface area contributed by atoms with Gasteiger partial charge in [0.15, 0.2) is 11.5 Å². The number of nitrogens with one attached hydrogen (secondary N) is 1. The van der Waals surface area contributed by atoms with Crippen molar-refractivity contribution in [2.75, 3.05) is 14.2 Å². The molecular weight excluding hydrogens is 471 g/mol. The predicted octanol–water partition coefficient (Wildman–Crippen LogP) is 4.04. The first-order valence-corrected chi connectivity index (χ1v) is 11.4. The highest BCUT2D eigenvalue weighted by Gasteiger charge is 2.31. The van der Waals surface area contributed by atoms with Gasteiger partial charge in [-0.15, -0.1) is 0 Å². The van der Waals surface area contributed by atoms with Crippen LogP contribution in [0, 0.1) is 11.7 Å². The number of rotatable bonds is 12. The smallest absolute Gasteiger partial charge is 0.328 e. The Morgan fingerprint density at radius 3 is 2.22 bits per heavy atom. The second-order valence-electron chi connectivity index (χ2n) is 8.28. The van der Waals surface area contributed by atoms with Crippen LogP contribution in [-0.4, -0.2) is 50.9 Å². The zero-order valence-electron chi connectivity index (χ0n) is 22.0. The number of ether oxygens (including phenoxy) is 4. The summed E-state index contributed by atoms with van der Waals surface area (Å²) in [5.74, 6) is -3.08. The molecule has 0 heterocycles. The molecule has 1 aromatic rings. The summed E-state index contributed by atoms with van der Waals surface area (Å²) < 4.78 is 35.6. The lowest BCUT2D eigenvalue weighted by Crippen LogP contribution is -2.42. The molecule has 1 N–H and O–H groups in total. The molecule has 0 aliphatic rings. The number of nitrogens with zero attached hydrogens (tertiary/aromatic N) is 1. The number of halogens is 1. The molecule has 0 unspecified atom stereocenters.